The van der Waals surface area contributed by atoms with Gasteiger partial charge in [-0.3, -0.25) is 14.2 Å². The van der Waals surface area contributed by atoms with Gasteiger partial charge in [0.15, 0.2) is 22.8 Å². The van der Waals surface area contributed by atoms with Gasteiger partial charge in [0.1, 0.15) is 0 Å². The molecule has 1 N–H and O–H groups in total. The third-order valence-corrected chi connectivity index (χ3v) is 5.00. The van der Waals surface area contributed by atoms with Crippen LogP contribution in [0.2, 0.25) is 0 Å². The summed E-state index contributed by atoms with van der Waals surface area (Å²) in [6.45, 7) is 6.05. The van der Waals surface area contributed by atoms with E-state index in [2.05, 4.69) is 15.5 Å². The quantitative estimate of drug-likeness (QED) is 0.445. The third-order valence-electron chi connectivity index (χ3n) is 4.06. The van der Waals surface area contributed by atoms with Crippen molar-refractivity contribution in [1.29, 1.82) is 0 Å². The lowest BCUT2D eigenvalue weighted by Crippen LogP contribution is -2.30. The second-order valence-corrected chi connectivity index (χ2v) is 7.25. The van der Waals surface area contributed by atoms with Crippen molar-refractivity contribution in [1.82, 2.24) is 14.8 Å². The molecule has 1 unspecified atom stereocenters. The normalized spacial score (nSPS) is 11.8. The van der Waals surface area contributed by atoms with E-state index in [-0.39, 0.29) is 11.7 Å². The van der Waals surface area contributed by atoms with Crippen molar-refractivity contribution in [2.45, 2.75) is 38.6 Å². The lowest BCUT2D eigenvalue weighted by Gasteiger charge is -2.13. The van der Waals surface area contributed by atoms with Crippen LogP contribution in [-0.2, 0) is 20.9 Å². The fourth-order valence-electron chi connectivity index (χ4n) is 2.64. The zero-order valence-corrected chi connectivity index (χ0v) is 17.2. The maximum Gasteiger partial charge on any atom is 0.317 e. The fourth-order valence-corrected chi connectivity index (χ4v) is 3.43. The van der Waals surface area contributed by atoms with E-state index in [9.17, 15) is 9.59 Å². The Kier molecular flexibility index (Phi) is 6.71. The number of furan rings is 1. The van der Waals surface area contributed by atoms with Crippen LogP contribution in [0.5, 0.6) is 0 Å². The first-order chi connectivity index (χ1) is 14.0. The molecule has 0 spiro atoms. The Labute approximate surface area is 172 Å². The average Bonchev–Trinajstić information content (AvgIpc) is 3.35. The van der Waals surface area contributed by atoms with Crippen LogP contribution >= 0.6 is 11.8 Å². The van der Waals surface area contributed by atoms with E-state index in [0.29, 0.717) is 29.0 Å². The number of carbonyl (C=O) groups is 2. The Balaban J connectivity index is 1.54. The number of rotatable bonds is 8. The number of esters is 1. The predicted molar refractivity (Wildman–Crippen MR) is 109 cm³/mol. The number of hydrogen-bond acceptors (Lipinski definition) is 7. The number of aryl methyl sites for hydroxylation is 1. The highest BCUT2D eigenvalue weighted by atomic mass is 32.2. The largest absolute Gasteiger partial charge is 0.461 e. The zero-order chi connectivity index (χ0) is 20.8. The summed E-state index contributed by atoms with van der Waals surface area (Å²) in [6, 6.07) is 11.0. The minimum absolute atomic E-state index is 0.0123. The Morgan fingerprint density at radius 2 is 2.10 bits per heavy atom. The molecule has 152 valence electrons. The summed E-state index contributed by atoms with van der Waals surface area (Å²) in [7, 11) is 0. The van der Waals surface area contributed by atoms with Crippen LogP contribution in [0.1, 0.15) is 19.4 Å². The summed E-state index contributed by atoms with van der Waals surface area (Å²) in [5, 5.41) is 11.6. The lowest BCUT2D eigenvalue weighted by atomic mass is 10.2. The molecule has 0 saturated carbocycles. The average molecular weight is 414 g/mol. The first kappa shape index (κ1) is 20.7. The number of ether oxygens (including phenoxy) is 1. The molecule has 3 aromatic rings. The van der Waals surface area contributed by atoms with Gasteiger partial charge < -0.3 is 14.5 Å². The number of hydrogen-bond donors (Lipinski definition) is 1. The van der Waals surface area contributed by atoms with Crippen LogP contribution in [0.15, 0.2) is 52.2 Å². The number of nitrogens with one attached hydrogen (secondary N) is 1. The van der Waals surface area contributed by atoms with E-state index in [0.717, 1.165) is 5.56 Å². The zero-order valence-electron chi connectivity index (χ0n) is 16.4. The molecule has 3 rings (SSSR count). The van der Waals surface area contributed by atoms with Crippen molar-refractivity contribution in [3.8, 4) is 11.6 Å². The molecule has 1 atom stereocenters. The summed E-state index contributed by atoms with van der Waals surface area (Å²) in [5.74, 6) is 0.325. The highest BCUT2D eigenvalue weighted by Crippen LogP contribution is 2.24. The SMILES string of the molecule is CCn1c(SCC(=O)OC(C)C(=O)Nc2cccc(C)c2)nnc1-c1ccco1. The van der Waals surface area contributed by atoms with Crippen molar-refractivity contribution in [2.24, 2.45) is 0 Å². The smallest absolute Gasteiger partial charge is 0.317 e. The molecule has 0 radical (unpaired) electrons. The van der Waals surface area contributed by atoms with E-state index in [1.54, 1.807) is 24.5 Å². The number of anilines is 1. The minimum atomic E-state index is -0.911. The summed E-state index contributed by atoms with van der Waals surface area (Å²) in [5.41, 5.74) is 1.69. The molecular weight excluding hydrogens is 392 g/mol. The number of amides is 1. The molecule has 1 amide bonds. The fraction of sp³-hybridized carbons (Fsp3) is 0.300. The molecule has 2 heterocycles. The van der Waals surface area contributed by atoms with Crippen molar-refractivity contribution >= 4 is 29.3 Å². The molecule has 29 heavy (non-hydrogen) atoms. The maximum absolute atomic E-state index is 12.2. The molecule has 0 aliphatic heterocycles. The number of benzene rings is 1. The van der Waals surface area contributed by atoms with Crippen molar-refractivity contribution < 1.29 is 18.7 Å². The first-order valence-electron chi connectivity index (χ1n) is 9.14. The standard InChI is InChI=1S/C20H22N4O4S/c1-4-24-18(16-9-6-10-27-16)22-23-20(24)29-12-17(25)28-14(3)19(26)21-15-8-5-7-13(2)11-15/h5-11,14H,4,12H2,1-3H3,(H,21,26). The van der Waals surface area contributed by atoms with Gasteiger partial charge in [0.2, 0.25) is 0 Å². The predicted octanol–water partition coefficient (Wildman–Crippen LogP) is 3.53. The number of nitrogens with zero attached hydrogens (tertiary/aromatic N) is 3. The van der Waals surface area contributed by atoms with Crippen LogP contribution in [0.25, 0.3) is 11.6 Å². The minimum Gasteiger partial charge on any atom is -0.461 e. The van der Waals surface area contributed by atoms with Gasteiger partial charge >= 0.3 is 5.97 Å². The summed E-state index contributed by atoms with van der Waals surface area (Å²) < 4.78 is 12.5. The van der Waals surface area contributed by atoms with E-state index in [1.165, 1.54) is 18.7 Å². The van der Waals surface area contributed by atoms with Gasteiger partial charge in [0.05, 0.1) is 12.0 Å². The Morgan fingerprint density at radius 1 is 1.28 bits per heavy atom. The van der Waals surface area contributed by atoms with Crippen LogP contribution < -0.4 is 5.32 Å². The molecular formula is C20H22N4O4S. The summed E-state index contributed by atoms with van der Waals surface area (Å²) >= 11 is 1.20. The van der Waals surface area contributed by atoms with E-state index in [1.807, 2.05) is 36.6 Å². The van der Waals surface area contributed by atoms with Gasteiger partial charge in [0.25, 0.3) is 5.91 Å². The van der Waals surface area contributed by atoms with Crippen molar-refractivity contribution in [2.75, 3.05) is 11.1 Å². The highest BCUT2D eigenvalue weighted by Gasteiger charge is 2.20. The van der Waals surface area contributed by atoms with E-state index >= 15 is 0 Å². The van der Waals surface area contributed by atoms with Crippen molar-refractivity contribution in [3.63, 3.8) is 0 Å². The monoisotopic (exact) mass is 414 g/mol. The second kappa shape index (κ2) is 9.42. The lowest BCUT2D eigenvalue weighted by molar-refractivity contribution is -0.150. The molecule has 1 aromatic carbocycles. The van der Waals surface area contributed by atoms with Gasteiger partial charge in [-0.15, -0.1) is 10.2 Å². The Hall–Kier alpha value is -3.07. The Morgan fingerprint density at radius 3 is 2.79 bits per heavy atom. The number of aromatic nitrogens is 3. The molecule has 8 nitrogen and oxygen atoms in total. The molecule has 0 saturated heterocycles. The van der Waals surface area contributed by atoms with Gasteiger partial charge in [-0.2, -0.15) is 0 Å². The van der Waals surface area contributed by atoms with Crippen LogP contribution in [0, 0.1) is 6.92 Å². The summed E-state index contributed by atoms with van der Waals surface area (Å²) in [6.07, 6.45) is 0.656. The van der Waals surface area contributed by atoms with E-state index < -0.39 is 12.1 Å². The van der Waals surface area contributed by atoms with Crippen LogP contribution in [-0.4, -0.2) is 38.5 Å². The van der Waals surface area contributed by atoms with Crippen LogP contribution in [0.3, 0.4) is 0 Å². The molecule has 0 aliphatic rings. The van der Waals surface area contributed by atoms with Gasteiger partial charge in [-0.25, -0.2) is 0 Å². The second-order valence-electron chi connectivity index (χ2n) is 6.31. The molecule has 0 aliphatic carbocycles. The topological polar surface area (TPSA) is 99.2 Å². The third kappa shape index (κ3) is 5.26. The number of thioether (sulfide) groups is 1. The van der Waals surface area contributed by atoms with Gasteiger partial charge in [-0.05, 0) is 50.6 Å². The first-order valence-corrected chi connectivity index (χ1v) is 10.1. The maximum atomic E-state index is 12.2. The van der Waals surface area contributed by atoms with Crippen LogP contribution in [0.4, 0.5) is 5.69 Å². The van der Waals surface area contributed by atoms with E-state index in [4.69, 9.17) is 9.15 Å². The molecule has 9 heteroatoms. The molecule has 0 bridgehead atoms. The van der Waals surface area contributed by atoms with Crippen molar-refractivity contribution in [3.05, 3.63) is 48.2 Å². The van der Waals surface area contributed by atoms with Gasteiger partial charge in [-0.1, -0.05) is 23.9 Å². The van der Waals surface area contributed by atoms with Gasteiger partial charge in [0, 0.05) is 12.2 Å². The Bertz CT molecular complexity index is 984. The summed E-state index contributed by atoms with van der Waals surface area (Å²) in [4.78, 5) is 24.4. The highest BCUT2D eigenvalue weighted by molar-refractivity contribution is 7.99. The molecule has 0 fully saturated rings. The number of carbonyl (C=O) groups excluding carboxylic acids is 2. The molecule has 2 aromatic heterocycles.